The molecular weight excluding hydrogens is 334 g/mol. The van der Waals surface area contributed by atoms with Crippen LogP contribution < -0.4 is 5.32 Å². The molecule has 0 aliphatic rings. The fraction of sp³-hybridized carbons (Fsp3) is 0.0588. The molecule has 0 radical (unpaired) electrons. The maximum atomic E-state index is 6.23. The smallest absolute Gasteiger partial charge is 0.0485 e. The van der Waals surface area contributed by atoms with Crippen molar-refractivity contribution in [2.75, 3.05) is 5.32 Å². The molecule has 100 valence electrons. The second kappa shape index (κ2) is 5.86. The number of benzene rings is 3. The van der Waals surface area contributed by atoms with E-state index in [1.807, 2.05) is 30.3 Å². The van der Waals surface area contributed by atoms with Gasteiger partial charge in [-0.15, -0.1) is 0 Å². The van der Waals surface area contributed by atoms with Gasteiger partial charge in [-0.25, -0.2) is 0 Å². The summed E-state index contributed by atoms with van der Waals surface area (Å²) in [7, 11) is 0. The topological polar surface area (TPSA) is 12.0 Å². The van der Waals surface area contributed by atoms with Gasteiger partial charge in [0.15, 0.2) is 0 Å². The maximum absolute atomic E-state index is 6.23. The van der Waals surface area contributed by atoms with Crippen molar-refractivity contribution in [3.8, 4) is 0 Å². The summed E-state index contributed by atoms with van der Waals surface area (Å²) in [6.45, 7) is 0.791. The van der Waals surface area contributed by atoms with Crippen molar-refractivity contribution < 1.29 is 0 Å². The normalized spacial score (nSPS) is 10.7. The van der Waals surface area contributed by atoms with Crippen LogP contribution in [0.25, 0.3) is 10.8 Å². The van der Waals surface area contributed by atoms with E-state index in [-0.39, 0.29) is 0 Å². The summed E-state index contributed by atoms with van der Waals surface area (Å²) in [5, 5.41) is 6.49. The van der Waals surface area contributed by atoms with Crippen molar-refractivity contribution in [3.63, 3.8) is 0 Å². The van der Waals surface area contributed by atoms with Gasteiger partial charge in [0.05, 0.1) is 0 Å². The summed E-state index contributed by atoms with van der Waals surface area (Å²) >= 11 is 9.68. The Morgan fingerprint density at radius 3 is 2.30 bits per heavy atom. The van der Waals surface area contributed by atoms with Crippen molar-refractivity contribution >= 4 is 44.0 Å². The Hall–Kier alpha value is -1.51. The predicted octanol–water partition coefficient (Wildman–Crippen LogP) is 5.87. The first-order valence-electron chi connectivity index (χ1n) is 6.39. The molecule has 1 N–H and O–H groups in total. The molecule has 20 heavy (non-hydrogen) atoms. The first kappa shape index (κ1) is 13.5. The number of anilines is 1. The second-order valence-corrected chi connectivity index (χ2v) is 5.94. The number of hydrogen-bond acceptors (Lipinski definition) is 1. The lowest BCUT2D eigenvalue weighted by atomic mass is 10.1. The molecule has 0 saturated carbocycles. The van der Waals surface area contributed by atoms with Gasteiger partial charge in [-0.1, -0.05) is 63.9 Å². The summed E-state index contributed by atoms with van der Waals surface area (Å²) in [5.74, 6) is 0. The zero-order valence-electron chi connectivity index (χ0n) is 10.7. The molecule has 0 heterocycles. The van der Waals surface area contributed by atoms with E-state index in [0.717, 1.165) is 32.5 Å². The zero-order chi connectivity index (χ0) is 13.9. The van der Waals surface area contributed by atoms with Crippen LogP contribution in [0.4, 0.5) is 5.69 Å². The van der Waals surface area contributed by atoms with Gasteiger partial charge in [0.25, 0.3) is 0 Å². The van der Waals surface area contributed by atoms with E-state index in [2.05, 4.69) is 51.6 Å². The van der Waals surface area contributed by atoms with Crippen LogP contribution in [0.1, 0.15) is 5.56 Å². The van der Waals surface area contributed by atoms with Crippen LogP contribution in [0.15, 0.2) is 65.1 Å². The highest BCUT2D eigenvalue weighted by atomic mass is 79.9. The highest BCUT2D eigenvalue weighted by Crippen LogP contribution is 2.29. The molecule has 0 bridgehead atoms. The molecule has 3 aromatic carbocycles. The Balaban J connectivity index is 1.88. The minimum absolute atomic E-state index is 0.787. The van der Waals surface area contributed by atoms with Crippen LogP contribution in [0.2, 0.25) is 5.02 Å². The third kappa shape index (κ3) is 2.82. The lowest BCUT2D eigenvalue weighted by Gasteiger charge is -2.11. The number of nitrogens with one attached hydrogen (secondary N) is 1. The third-order valence-electron chi connectivity index (χ3n) is 3.27. The number of hydrogen-bond donors (Lipinski definition) is 1. The third-order valence-corrected chi connectivity index (χ3v) is 4.13. The summed E-state index contributed by atoms with van der Waals surface area (Å²) in [6.07, 6.45) is 0. The van der Waals surface area contributed by atoms with Gasteiger partial charge in [0.1, 0.15) is 0 Å². The van der Waals surface area contributed by atoms with Crippen LogP contribution in [-0.2, 0) is 6.54 Å². The average molecular weight is 347 g/mol. The zero-order valence-corrected chi connectivity index (χ0v) is 13.1. The van der Waals surface area contributed by atoms with E-state index < -0.39 is 0 Å². The molecular formula is C17H13BrClN. The Labute approximate surface area is 131 Å². The summed E-state index contributed by atoms with van der Waals surface area (Å²) in [6, 6.07) is 20.5. The summed E-state index contributed by atoms with van der Waals surface area (Å²) in [4.78, 5) is 0. The first-order valence-corrected chi connectivity index (χ1v) is 7.57. The lowest BCUT2D eigenvalue weighted by Crippen LogP contribution is -1.99. The van der Waals surface area contributed by atoms with Gasteiger partial charge in [-0.05, 0) is 29.8 Å². The second-order valence-electron chi connectivity index (χ2n) is 4.62. The van der Waals surface area contributed by atoms with Crippen LogP contribution in [0, 0.1) is 0 Å². The Bertz CT molecular complexity index is 738. The highest BCUT2D eigenvalue weighted by Gasteiger charge is 2.03. The maximum Gasteiger partial charge on any atom is 0.0485 e. The van der Waals surface area contributed by atoms with Crippen LogP contribution in [0.5, 0.6) is 0 Å². The molecule has 0 saturated heterocycles. The predicted molar refractivity (Wildman–Crippen MR) is 90.4 cm³/mol. The number of rotatable bonds is 3. The molecule has 0 fully saturated rings. The molecule has 0 amide bonds. The van der Waals surface area contributed by atoms with Crippen molar-refractivity contribution in [2.45, 2.75) is 6.54 Å². The largest absolute Gasteiger partial charge is 0.380 e. The SMILES string of the molecule is Clc1ccc(NCc2ccc(Br)cc2)c2ccccc12. The molecule has 0 spiro atoms. The van der Waals surface area contributed by atoms with Gasteiger partial charge in [0.2, 0.25) is 0 Å². The fourth-order valence-corrected chi connectivity index (χ4v) is 2.71. The van der Waals surface area contributed by atoms with Gasteiger partial charge < -0.3 is 5.32 Å². The van der Waals surface area contributed by atoms with E-state index in [1.54, 1.807) is 0 Å². The monoisotopic (exact) mass is 345 g/mol. The quantitative estimate of drug-likeness (QED) is 0.625. The van der Waals surface area contributed by atoms with E-state index in [1.165, 1.54) is 5.56 Å². The van der Waals surface area contributed by atoms with Crippen molar-refractivity contribution in [1.29, 1.82) is 0 Å². The summed E-state index contributed by atoms with van der Waals surface area (Å²) < 4.78 is 1.10. The standard InChI is InChI=1S/C17H13BrClN/c18-13-7-5-12(6-8-13)11-20-17-10-9-16(19)14-3-1-2-4-15(14)17/h1-10,20H,11H2. The Kier molecular flexibility index (Phi) is 3.95. The van der Waals surface area contributed by atoms with Gasteiger partial charge in [0, 0.05) is 32.5 Å². The highest BCUT2D eigenvalue weighted by molar-refractivity contribution is 9.10. The van der Waals surface area contributed by atoms with E-state index in [4.69, 9.17) is 11.6 Å². The van der Waals surface area contributed by atoms with E-state index >= 15 is 0 Å². The molecule has 3 rings (SSSR count). The first-order chi connectivity index (χ1) is 9.74. The van der Waals surface area contributed by atoms with Gasteiger partial charge in [-0.3, -0.25) is 0 Å². The lowest BCUT2D eigenvalue weighted by molar-refractivity contribution is 1.15. The molecule has 1 nitrogen and oxygen atoms in total. The summed E-state index contributed by atoms with van der Waals surface area (Å²) in [5.41, 5.74) is 2.35. The van der Waals surface area contributed by atoms with Crippen molar-refractivity contribution in [3.05, 3.63) is 75.7 Å². The molecule has 0 aromatic heterocycles. The van der Waals surface area contributed by atoms with Gasteiger partial charge in [-0.2, -0.15) is 0 Å². The van der Waals surface area contributed by atoms with Crippen molar-refractivity contribution in [1.82, 2.24) is 0 Å². The Morgan fingerprint density at radius 1 is 0.850 bits per heavy atom. The average Bonchev–Trinajstić information content (AvgIpc) is 2.49. The minimum Gasteiger partial charge on any atom is -0.380 e. The molecule has 3 heteroatoms. The van der Waals surface area contributed by atoms with Crippen LogP contribution >= 0.6 is 27.5 Å². The van der Waals surface area contributed by atoms with Gasteiger partial charge >= 0.3 is 0 Å². The van der Waals surface area contributed by atoms with E-state index in [0.29, 0.717) is 0 Å². The molecule has 0 aliphatic carbocycles. The van der Waals surface area contributed by atoms with Crippen molar-refractivity contribution in [2.24, 2.45) is 0 Å². The molecule has 0 unspecified atom stereocenters. The molecule has 0 aliphatic heterocycles. The molecule has 0 atom stereocenters. The fourth-order valence-electron chi connectivity index (χ4n) is 2.22. The number of halogens is 2. The van der Waals surface area contributed by atoms with Crippen LogP contribution in [-0.4, -0.2) is 0 Å². The van der Waals surface area contributed by atoms with Crippen LogP contribution in [0.3, 0.4) is 0 Å². The minimum atomic E-state index is 0.787. The Morgan fingerprint density at radius 2 is 1.55 bits per heavy atom. The molecule has 3 aromatic rings. The number of fused-ring (bicyclic) bond motifs is 1. The van der Waals surface area contributed by atoms with E-state index in [9.17, 15) is 0 Å².